The summed E-state index contributed by atoms with van der Waals surface area (Å²) in [6.07, 6.45) is 0. The number of non-ortho nitro benzene ring substituents is 1. The van der Waals surface area contributed by atoms with Crippen molar-refractivity contribution in [2.75, 3.05) is 6.61 Å². The number of benzene rings is 2. The second kappa shape index (κ2) is 7.87. The van der Waals surface area contributed by atoms with Gasteiger partial charge in [0.25, 0.3) is 11.6 Å². The Morgan fingerprint density at radius 3 is 2.25 bits per heavy atom. The Bertz CT molecular complexity index is 752. The van der Waals surface area contributed by atoms with Gasteiger partial charge in [-0.1, -0.05) is 0 Å². The minimum atomic E-state index is -0.518. The van der Waals surface area contributed by atoms with Crippen LogP contribution in [0, 0.1) is 10.1 Å². The van der Waals surface area contributed by atoms with E-state index in [9.17, 15) is 14.9 Å². The molecule has 7 nitrogen and oxygen atoms in total. The molecule has 0 aromatic heterocycles. The van der Waals surface area contributed by atoms with Gasteiger partial charge in [0.2, 0.25) is 0 Å². The van der Waals surface area contributed by atoms with Crippen LogP contribution in [0.5, 0.6) is 5.75 Å². The van der Waals surface area contributed by atoms with Gasteiger partial charge in [-0.15, -0.1) is 0 Å². The molecular formula is C17H17N3O4. The van der Waals surface area contributed by atoms with Crippen LogP contribution in [-0.2, 0) is 0 Å². The second-order valence-corrected chi connectivity index (χ2v) is 4.90. The monoisotopic (exact) mass is 327 g/mol. The topological polar surface area (TPSA) is 93.8 Å². The summed E-state index contributed by atoms with van der Waals surface area (Å²) in [6.45, 7) is 4.28. The number of hydrogen-bond acceptors (Lipinski definition) is 5. The summed E-state index contributed by atoms with van der Waals surface area (Å²) in [5.41, 5.74) is 4.14. The van der Waals surface area contributed by atoms with E-state index >= 15 is 0 Å². The van der Waals surface area contributed by atoms with Crippen molar-refractivity contribution in [1.29, 1.82) is 0 Å². The smallest absolute Gasteiger partial charge is 0.271 e. The van der Waals surface area contributed by atoms with Crippen molar-refractivity contribution in [3.05, 3.63) is 69.8 Å². The third-order valence-electron chi connectivity index (χ3n) is 3.25. The Kier molecular flexibility index (Phi) is 5.62. The summed E-state index contributed by atoms with van der Waals surface area (Å²) in [4.78, 5) is 22.1. The number of ether oxygens (including phenoxy) is 1. The number of rotatable bonds is 6. The fraction of sp³-hybridized carbons (Fsp3) is 0.176. The molecule has 0 spiro atoms. The predicted octanol–water partition coefficient (Wildman–Crippen LogP) is 3.15. The van der Waals surface area contributed by atoms with E-state index in [1.54, 1.807) is 6.92 Å². The third kappa shape index (κ3) is 4.39. The summed E-state index contributed by atoms with van der Waals surface area (Å²) < 4.78 is 5.37. The molecule has 0 aliphatic carbocycles. The van der Waals surface area contributed by atoms with Crippen LogP contribution in [-0.4, -0.2) is 23.1 Å². The van der Waals surface area contributed by atoms with Crippen molar-refractivity contribution in [3.63, 3.8) is 0 Å². The highest BCUT2D eigenvalue weighted by atomic mass is 16.6. The normalized spacial score (nSPS) is 11.0. The number of hydrogen-bond donors (Lipinski definition) is 1. The molecule has 0 bridgehead atoms. The molecule has 0 aliphatic heterocycles. The number of nitro groups is 1. The van der Waals surface area contributed by atoms with Gasteiger partial charge in [0.05, 0.1) is 17.2 Å². The summed E-state index contributed by atoms with van der Waals surface area (Å²) in [5.74, 6) is 0.333. The van der Waals surface area contributed by atoms with Crippen molar-refractivity contribution >= 4 is 17.3 Å². The van der Waals surface area contributed by atoms with Gasteiger partial charge in [0.1, 0.15) is 5.75 Å². The largest absolute Gasteiger partial charge is 0.494 e. The summed E-state index contributed by atoms with van der Waals surface area (Å²) in [7, 11) is 0. The van der Waals surface area contributed by atoms with Crippen LogP contribution in [0.15, 0.2) is 53.6 Å². The van der Waals surface area contributed by atoms with E-state index in [0.29, 0.717) is 17.9 Å². The van der Waals surface area contributed by atoms with E-state index in [2.05, 4.69) is 10.5 Å². The molecule has 0 radical (unpaired) electrons. The molecule has 2 rings (SSSR count). The Balaban J connectivity index is 2.02. The molecule has 0 saturated carbocycles. The minimum Gasteiger partial charge on any atom is -0.494 e. The Morgan fingerprint density at radius 2 is 1.71 bits per heavy atom. The molecule has 0 saturated heterocycles. The summed E-state index contributed by atoms with van der Waals surface area (Å²) in [6, 6.07) is 12.7. The number of carbonyl (C=O) groups excluding carboxylic acids is 1. The fourth-order valence-corrected chi connectivity index (χ4v) is 1.96. The van der Waals surface area contributed by atoms with Gasteiger partial charge in [-0.3, -0.25) is 14.9 Å². The third-order valence-corrected chi connectivity index (χ3v) is 3.25. The van der Waals surface area contributed by atoms with E-state index in [1.165, 1.54) is 24.3 Å². The lowest BCUT2D eigenvalue weighted by Crippen LogP contribution is -2.19. The quantitative estimate of drug-likeness (QED) is 0.501. The first kappa shape index (κ1) is 17.1. The van der Waals surface area contributed by atoms with E-state index in [4.69, 9.17) is 4.74 Å². The lowest BCUT2D eigenvalue weighted by Gasteiger charge is -2.05. The van der Waals surface area contributed by atoms with E-state index < -0.39 is 10.8 Å². The average Bonchev–Trinajstić information content (AvgIpc) is 2.60. The molecule has 0 unspecified atom stereocenters. The number of amides is 1. The molecule has 2 aromatic rings. The maximum atomic E-state index is 12.0. The van der Waals surface area contributed by atoms with Crippen molar-refractivity contribution in [3.8, 4) is 5.75 Å². The van der Waals surface area contributed by atoms with Gasteiger partial charge in [0, 0.05) is 17.7 Å². The fourth-order valence-electron chi connectivity index (χ4n) is 1.96. The molecule has 1 N–H and O–H groups in total. The lowest BCUT2D eigenvalue weighted by molar-refractivity contribution is -0.384. The van der Waals surface area contributed by atoms with Crippen molar-refractivity contribution in [1.82, 2.24) is 5.43 Å². The van der Waals surface area contributed by atoms with Crippen LogP contribution >= 0.6 is 0 Å². The predicted molar refractivity (Wildman–Crippen MR) is 90.4 cm³/mol. The Morgan fingerprint density at radius 1 is 1.12 bits per heavy atom. The van der Waals surface area contributed by atoms with Crippen molar-refractivity contribution < 1.29 is 14.5 Å². The van der Waals surface area contributed by atoms with Gasteiger partial charge in [-0.05, 0) is 55.8 Å². The first-order valence-electron chi connectivity index (χ1n) is 7.33. The number of hydrazone groups is 1. The molecule has 1 amide bonds. The minimum absolute atomic E-state index is 0.0689. The molecule has 7 heteroatoms. The molecule has 24 heavy (non-hydrogen) atoms. The van der Waals surface area contributed by atoms with Gasteiger partial charge < -0.3 is 4.74 Å². The van der Waals surface area contributed by atoms with Crippen molar-refractivity contribution in [2.45, 2.75) is 13.8 Å². The maximum absolute atomic E-state index is 12.0. The Hall–Kier alpha value is -3.22. The van der Waals surface area contributed by atoms with Crippen LogP contribution in [0.1, 0.15) is 29.8 Å². The van der Waals surface area contributed by atoms with Crippen LogP contribution in [0.25, 0.3) is 0 Å². The standard InChI is InChI=1S/C17H17N3O4/c1-3-24-16-10-6-13(7-11-16)12(2)18-19-17(21)14-4-8-15(9-5-14)20(22)23/h4-11H,3H2,1-2H3,(H,19,21). The van der Waals surface area contributed by atoms with Crippen LogP contribution in [0.3, 0.4) is 0 Å². The summed E-state index contributed by atoms with van der Waals surface area (Å²) >= 11 is 0. The van der Waals surface area contributed by atoms with Gasteiger partial charge in [0.15, 0.2) is 0 Å². The molecule has 0 fully saturated rings. The van der Waals surface area contributed by atoms with Crippen molar-refractivity contribution in [2.24, 2.45) is 5.10 Å². The Labute approximate surface area is 139 Å². The van der Waals surface area contributed by atoms with Gasteiger partial charge in [-0.25, -0.2) is 5.43 Å². The lowest BCUT2D eigenvalue weighted by atomic mass is 10.1. The van der Waals surface area contributed by atoms with E-state index in [1.807, 2.05) is 31.2 Å². The zero-order chi connectivity index (χ0) is 17.5. The highest BCUT2D eigenvalue weighted by Gasteiger charge is 2.09. The molecule has 0 aliphatic rings. The highest BCUT2D eigenvalue weighted by Crippen LogP contribution is 2.13. The first-order chi connectivity index (χ1) is 11.5. The number of carbonyl (C=O) groups is 1. The SMILES string of the molecule is CCOc1ccc(C(C)=NNC(=O)c2ccc([N+](=O)[O-])cc2)cc1. The molecule has 0 heterocycles. The zero-order valence-electron chi connectivity index (χ0n) is 13.4. The average molecular weight is 327 g/mol. The van der Waals surface area contributed by atoms with Crippen LogP contribution < -0.4 is 10.2 Å². The number of nitro benzene ring substituents is 1. The van der Waals surface area contributed by atoms with Gasteiger partial charge in [-0.2, -0.15) is 5.10 Å². The zero-order valence-corrected chi connectivity index (χ0v) is 13.4. The number of nitrogens with zero attached hydrogens (tertiary/aromatic N) is 2. The van der Waals surface area contributed by atoms with E-state index in [-0.39, 0.29) is 5.69 Å². The summed E-state index contributed by atoms with van der Waals surface area (Å²) in [5, 5.41) is 14.6. The molecule has 0 atom stereocenters. The van der Waals surface area contributed by atoms with Crippen LogP contribution in [0.2, 0.25) is 0 Å². The molecule has 124 valence electrons. The molecule has 2 aromatic carbocycles. The van der Waals surface area contributed by atoms with E-state index in [0.717, 1.165) is 11.3 Å². The van der Waals surface area contributed by atoms with Gasteiger partial charge >= 0.3 is 0 Å². The second-order valence-electron chi connectivity index (χ2n) is 4.90. The maximum Gasteiger partial charge on any atom is 0.271 e. The number of nitrogens with one attached hydrogen (secondary N) is 1. The first-order valence-corrected chi connectivity index (χ1v) is 7.33. The highest BCUT2D eigenvalue weighted by molar-refractivity contribution is 6.00. The van der Waals surface area contributed by atoms with Crippen LogP contribution in [0.4, 0.5) is 5.69 Å². The molecular weight excluding hydrogens is 310 g/mol.